The van der Waals surface area contributed by atoms with E-state index in [0.717, 1.165) is 0 Å². The number of hydrogen-bond donors (Lipinski definition) is 1. The fourth-order valence-electron chi connectivity index (χ4n) is 1.75. The summed E-state index contributed by atoms with van der Waals surface area (Å²) < 4.78 is 42.4. The first-order valence-electron chi connectivity index (χ1n) is 6.71. The van der Waals surface area contributed by atoms with Crippen LogP contribution in [0.2, 0.25) is 0 Å². The standard InChI is InChI=1S/C15H23F2NOS/c1-9(2)11-7-14(17)12(8-13(11)16)10(3)18-20(19)15(4,5)6/h7-10,18H,1-6H3/t10-,20?/m0/s1. The Bertz CT molecular complexity index is 509. The summed E-state index contributed by atoms with van der Waals surface area (Å²) in [6.45, 7) is 10.8. The highest BCUT2D eigenvalue weighted by Gasteiger charge is 2.24. The molecule has 0 aliphatic rings. The van der Waals surface area contributed by atoms with Crippen LogP contribution in [-0.4, -0.2) is 8.96 Å². The summed E-state index contributed by atoms with van der Waals surface area (Å²) in [6.07, 6.45) is 0. The molecular weight excluding hydrogens is 280 g/mol. The van der Waals surface area contributed by atoms with E-state index in [-0.39, 0.29) is 11.5 Å². The van der Waals surface area contributed by atoms with Crippen molar-refractivity contribution in [1.29, 1.82) is 0 Å². The van der Waals surface area contributed by atoms with Gasteiger partial charge in [0.1, 0.15) is 11.6 Å². The predicted octanol–water partition coefficient (Wildman–Crippen LogP) is 4.20. The summed E-state index contributed by atoms with van der Waals surface area (Å²) in [6, 6.07) is 1.90. The van der Waals surface area contributed by atoms with E-state index < -0.39 is 33.4 Å². The van der Waals surface area contributed by atoms with E-state index in [4.69, 9.17) is 0 Å². The van der Waals surface area contributed by atoms with Gasteiger partial charge in [0.05, 0.1) is 15.7 Å². The fourth-order valence-corrected chi connectivity index (χ4v) is 2.55. The average Bonchev–Trinajstić information content (AvgIpc) is 2.29. The molecule has 20 heavy (non-hydrogen) atoms. The van der Waals surface area contributed by atoms with Gasteiger partial charge >= 0.3 is 0 Å². The molecule has 0 amide bonds. The van der Waals surface area contributed by atoms with Crippen LogP contribution in [0.4, 0.5) is 8.78 Å². The maximum absolute atomic E-state index is 14.1. The summed E-state index contributed by atoms with van der Waals surface area (Å²) >= 11 is 0. The van der Waals surface area contributed by atoms with Gasteiger partial charge in [-0.25, -0.2) is 17.7 Å². The van der Waals surface area contributed by atoms with E-state index in [0.29, 0.717) is 5.56 Å². The Morgan fingerprint density at radius 3 is 1.95 bits per heavy atom. The van der Waals surface area contributed by atoms with Gasteiger partial charge in [-0.05, 0) is 51.3 Å². The molecule has 0 heterocycles. The Kier molecular flexibility index (Phi) is 5.44. The first-order chi connectivity index (χ1) is 9.04. The van der Waals surface area contributed by atoms with Gasteiger partial charge in [-0.2, -0.15) is 0 Å². The average molecular weight is 303 g/mol. The third-order valence-corrected chi connectivity index (χ3v) is 4.72. The molecule has 0 radical (unpaired) electrons. The summed E-state index contributed by atoms with van der Waals surface area (Å²) in [4.78, 5) is 0. The van der Waals surface area contributed by atoms with E-state index in [1.54, 1.807) is 6.92 Å². The van der Waals surface area contributed by atoms with Crippen LogP contribution in [0, 0.1) is 11.6 Å². The second kappa shape index (κ2) is 6.31. The molecule has 0 saturated heterocycles. The van der Waals surface area contributed by atoms with Gasteiger partial charge < -0.3 is 0 Å². The molecular formula is C15H23F2NOS. The number of halogens is 2. The van der Waals surface area contributed by atoms with Gasteiger partial charge in [-0.1, -0.05) is 13.8 Å². The fraction of sp³-hybridized carbons (Fsp3) is 0.600. The number of nitrogens with one attached hydrogen (secondary N) is 1. The zero-order chi connectivity index (χ0) is 15.7. The second-order valence-electron chi connectivity index (χ2n) is 6.27. The number of benzene rings is 1. The lowest BCUT2D eigenvalue weighted by Crippen LogP contribution is -2.35. The van der Waals surface area contributed by atoms with Crippen LogP contribution in [0.1, 0.15) is 64.6 Å². The van der Waals surface area contributed by atoms with Crippen molar-refractivity contribution in [1.82, 2.24) is 4.72 Å². The lowest BCUT2D eigenvalue weighted by Gasteiger charge is -2.23. The maximum Gasteiger partial charge on any atom is 0.128 e. The molecule has 1 aromatic carbocycles. The topological polar surface area (TPSA) is 29.1 Å². The van der Waals surface area contributed by atoms with Crippen LogP contribution >= 0.6 is 0 Å². The summed E-state index contributed by atoms with van der Waals surface area (Å²) in [5.41, 5.74) is 0.555. The number of hydrogen-bond acceptors (Lipinski definition) is 1. The molecule has 2 atom stereocenters. The Morgan fingerprint density at radius 1 is 1.05 bits per heavy atom. The summed E-state index contributed by atoms with van der Waals surface area (Å²) in [5, 5.41) is 0. The van der Waals surface area contributed by atoms with Crippen LogP contribution in [0.15, 0.2) is 12.1 Å². The van der Waals surface area contributed by atoms with Gasteiger partial charge in [0, 0.05) is 11.6 Å². The third kappa shape index (κ3) is 4.09. The van der Waals surface area contributed by atoms with Crippen molar-refractivity contribution in [3.05, 3.63) is 34.9 Å². The molecule has 0 fully saturated rings. The lowest BCUT2D eigenvalue weighted by molar-refractivity contribution is 0.543. The largest absolute Gasteiger partial charge is 0.242 e. The molecule has 5 heteroatoms. The molecule has 0 aliphatic heterocycles. The molecule has 1 unspecified atom stereocenters. The molecule has 1 rings (SSSR count). The minimum absolute atomic E-state index is 0.0782. The molecule has 2 nitrogen and oxygen atoms in total. The Hall–Kier alpha value is -0.810. The van der Waals surface area contributed by atoms with Crippen molar-refractivity contribution in [2.75, 3.05) is 0 Å². The molecule has 0 aliphatic carbocycles. The molecule has 0 spiro atoms. The minimum atomic E-state index is -1.34. The number of rotatable bonds is 4. The summed E-state index contributed by atoms with van der Waals surface area (Å²) in [5.74, 6) is -0.974. The van der Waals surface area contributed by atoms with Crippen molar-refractivity contribution in [3.63, 3.8) is 0 Å². The molecule has 0 aromatic heterocycles. The van der Waals surface area contributed by atoms with Gasteiger partial charge in [-0.3, -0.25) is 0 Å². The van der Waals surface area contributed by atoms with Gasteiger partial charge in [0.25, 0.3) is 0 Å². The van der Waals surface area contributed by atoms with Gasteiger partial charge in [0.15, 0.2) is 0 Å². The summed E-state index contributed by atoms with van der Waals surface area (Å²) in [7, 11) is -1.34. The highest BCUT2D eigenvalue weighted by Crippen LogP contribution is 2.26. The SMILES string of the molecule is CC(C)c1cc(F)c([C@H](C)NS(=O)C(C)(C)C)cc1F. The molecule has 1 N–H and O–H groups in total. The van der Waals surface area contributed by atoms with Crippen LogP contribution < -0.4 is 4.72 Å². The molecule has 1 aromatic rings. The van der Waals surface area contributed by atoms with E-state index in [1.165, 1.54) is 12.1 Å². The van der Waals surface area contributed by atoms with E-state index in [1.807, 2.05) is 34.6 Å². The van der Waals surface area contributed by atoms with Crippen LogP contribution in [0.25, 0.3) is 0 Å². The van der Waals surface area contributed by atoms with Crippen molar-refractivity contribution in [2.45, 2.75) is 58.2 Å². The first-order valence-corrected chi connectivity index (χ1v) is 7.86. The Labute approximate surface area is 122 Å². The third-order valence-electron chi connectivity index (χ3n) is 3.04. The monoisotopic (exact) mass is 303 g/mol. The second-order valence-corrected chi connectivity index (χ2v) is 8.27. The first kappa shape index (κ1) is 17.2. The lowest BCUT2D eigenvalue weighted by atomic mass is 9.98. The highest BCUT2D eigenvalue weighted by atomic mass is 32.2. The zero-order valence-corrected chi connectivity index (χ0v) is 13.7. The van der Waals surface area contributed by atoms with Crippen molar-refractivity contribution in [3.8, 4) is 0 Å². The maximum atomic E-state index is 14.1. The van der Waals surface area contributed by atoms with Crippen LogP contribution in [-0.2, 0) is 11.0 Å². The Balaban J connectivity index is 3.03. The predicted molar refractivity (Wildman–Crippen MR) is 79.9 cm³/mol. The van der Waals surface area contributed by atoms with Gasteiger partial charge in [0.2, 0.25) is 0 Å². The highest BCUT2D eigenvalue weighted by molar-refractivity contribution is 7.84. The van der Waals surface area contributed by atoms with Crippen LogP contribution in [0.3, 0.4) is 0 Å². The van der Waals surface area contributed by atoms with Gasteiger partial charge in [-0.15, -0.1) is 0 Å². The van der Waals surface area contributed by atoms with Crippen LogP contribution in [0.5, 0.6) is 0 Å². The van der Waals surface area contributed by atoms with Crippen molar-refractivity contribution < 1.29 is 13.0 Å². The quantitative estimate of drug-likeness (QED) is 0.887. The normalized spacial score (nSPS) is 15.4. The molecule has 114 valence electrons. The zero-order valence-electron chi connectivity index (χ0n) is 12.9. The van der Waals surface area contributed by atoms with Crippen molar-refractivity contribution in [2.24, 2.45) is 0 Å². The Morgan fingerprint density at radius 2 is 1.50 bits per heavy atom. The van der Waals surface area contributed by atoms with E-state index in [2.05, 4.69) is 4.72 Å². The van der Waals surface area contributed by atoms with Crippen molar-refractivity contribution >= 4 is 11.0 Å². The minimum Gasteiger partial charge on any atom is -0.242 e. The molecule has 0 saturated carbocycles. The molecule has 0 bridgehead atoms. The van der Waals surface area contributed by atoms with E-state index in [9.17, 15) is 13.0 Å². The smallest absolute Gasteiger partial charge is 0.128 e. The van der Waals surface area contributed by atoms with E-state index >= 15 is 0 Å².